The topological polar surface area (TPSA) is 84.3 Å². The van der Waals surface area contributed by atoms with Crippen molar-refractivity contribution in [1.29, 1.82) is 0 Å². The number of nitrogens with one attached hydrogen (secondary N) is 1. The molecule has 0 unspecified atom stereocenters. The molecule has 0 saturated carbocycles. The van der Waals surface area contributed by atoms with E-state index >= 15 is 0 Å². The van der Waals surface area contributed by atoms with E-state index < -0.39 is 15.9 Å². The van der Waals surface area contributed by atoms with Crippen molar-refractivity contribution in [2.45, 2.75) is 18.7 Å². The lowest BCUT2D eigenvalue weighted by molar-refractivity contribution is -0.114. The van der Waals surface area contributed by atoms with E-state index in [1.807, 2.05) is 67.1 Å². The summed E-state index contributed by atoms with van der Waals surface area (Å²) in [6, 6.07) is 25.2. The number of anilines is 2. The number of amides is 1. The summed E-state index contributed by atoms with van der Waals surface area (Å²) in [5, 5.41) is 4.26. The molecule has 4 aromatic carbocycles. The van der Waals surface area contributed by atoms with Gasteiger partial charge in [0.15, 0.2) is 0 Å². The minimum Gasteiger partial charge on any atom is -0.325 e. The average Bonchev–Trinajstić information content (AvgIpc) is 3.44. The number of aryl methyl sites for hydroxylation is 1. The van der Waals surface area contributed by atoms with Gasteiger partial charge in [0.2, 0.25) is 5.91 Å². The molecule has 0 bridgehead atoms. The molecule has 0 atom stereocenters. The zero-order valence-corrected chi connectivity index (χ0v) is 21.3. The Kier molecular flexibility index (Phi) is 6.50. The zero-order valence-electron chi connectivity index (χ0n) is 20.5. The minimum absolute atomic E-state index is 0.156. The molecule has 1 aromatic heterocycles. The van der Waals surface area contributed by atoms with Crippen LogP contribution in [0.5, 0.6) is 0 Å². The van der Waals surface area contributed by atoms with Crippen molar-refractivity contribution in [3.05, 3.63) is 115 Å². The van der Waals surface area contributed by atoms with Crippen LogP contribution < -0.4 is 9.62 Å². The molecule has 0 spiro atoms. The Bertz CT molecular complexity index is 1670. The third kappa shape index (κ3) is 4.83. The molecule has 0 aliphatic heterocycles. The fourth-order valence-electron chi connectivity index (χ4n) is 4.30. The lowest BCUT2D eigenvalue weighted by Gasteiger charge is -2.27. The van der Waals surface area contributed by atoms with E-state index in [0.717, 1.165) is 22.2 Å². The first kappa shape index (κ1) is 24.3. The van der Waals surface area contributed by atoms with E-state index in [2.05, 4.69) is 10.3 Å². The number of benzene rings is 4. The summed E-state index contributed by atoms with van der Waals surface area (Å²) in [5.74, 6) is -0.444. The average molecular weight is 511 g/mol. The first-order valence-electron chi connectivity index (χ1n) is 11.8. The molecule has 5 aromatic rings. The Morgan fingerprint density at radius 2 is 1.65 bits per heavy atom. The standard InChI is InChI=1S/C29H26N4O3S/c1-21-7-5-11-27(22(21)2)33(37(35,36)28-12-6-9-23-8-3-4-10-26(23)28)19-29(34)31-24-13-15-25(16-14-24)32-18-17-30-20-32/h3-18,20H,19H2,1-2H3,(H,31,34). The summed E-state index contributed by atoms with van der Waals surface area (Å²) in [6.07, 6.45) is 5.20. The van der Waals surface area contributed by atoms with E-state index in [1.165, 1.54) is 4.31 Å². The Hall–Kier alpha value is -4.43. The van der Waals surface area contributed by atoms with Crippen LogP contribution in [-0.2, 0) is 14.8 Å². The van der Waals surface area contributed by atoms with Crippen LogP contribution in [0.4, 0.5) is 11.4 Å². The lowest BCUT2D eigenvalue weighted by Crippen LogP contribution is -2.38. The number of rotatable bonds is 7. The van der Waals surface area contributed by atoms with Crippen LogP contribution in [0.2, 0.25) is 0 Å². The van der Waals surface area contributed by atoms with Gasteiger partial charge in [0.1, 0.15) is 6.54 Å². The van der Waals surface area contributed by atoms with Crippen LogP contribution in [0.1, 0.15) is 11.1 Å². The molecular weight excluding hydrogens is 484 g/mol. The highest BCUT2D eigenvalue weighted by Gasteiger charge is 2.30. The summed E-state index contributed by atoms with van der Waals surface area (Å²) < 4.78 is 31.3. The predicted octanol–water partition coefficient (Wildman–Crippen LogP) is 5.48. The Labute approximate surface area is 216 Å². The maximum absolute atomic E-state index is 14.1. The van der Waals surface area contributed by atoms with Gasteiger partial charge >= 0.3 is 0 Å². The summed E-state index contributed by atoms with van der Waals surface area (Å²) in [7, 11) is -4.08. The number of sulfonamides is 1. The van der Waals surface area contributed by atoms with Gasteiger partial charge in [0.25, 0.3) is 10.0 Å². The van der Waals surface area contributed by atoms with Crippen LogP contribution in [-0.4, -0.2) is 30.4 Å². The lowest BCUT2D eigenvalue weighted by atomic mass is 10.1. The fourth-order valence-corrected chi connectivity index (χ4v) is 6.00. The molecule has 5 rings (SSSR count). The molecule has 186 valence electrons. The van der Waals surface area contributed by atoms with Gasteiger partial charge in [0, 0.05) is 29.2 Å². The van der Waals surface area contributed by atoms with Gasteiger partial charge in [-0.3, -0.25) is 9.10 Å². The number of hydrogen-bond acceptors (Lipinski definition) is 4. The first-order chi connectivity index (χ1) is 17.8. The van der Waals surface area contributed by atoms with E-state index in [9.17, 15) is 13.2 Å². The third-order valence-corrected chi connectivity index (χ3v) is 8.22. The highest BCUT2D eigenvalue weighted by molar-refractivity contribution is 7.93. The van der Waals surface area contributed by atoms with Gasteiger partial charge < -0.3 is 9.88 Å². The van der Waals surface area contributed by atoms with Crippen molar-refractivity contribution < 1.29 is 13.2 Å². The smallest absolute Gasteiger partial charge is 0.265 e. The van der Waals surface area contributed by atoms with Gasteiger partial charge in [-0.2, -0.15) is 0 Å². The summed E-state index contributed by atoms with van der Waals surface area (Å²) >= 11 is 0. The first-order valence-corrected chi connectivity index (χ1v) is 13.2. The normalized spacial score (nSPS) is 11.4. The summed E-state index contributed by atoms with van der Waals surface area (Å²) in [4.78, 5) is 17.4. The molecule has 1 heterocycles. The molecule has 7 nitrogen and oxygen atoms in total. The van der Waals surface area contributed by atoms with E-state index in [4.69, 9.17) is 0 Å². The summed E-state index contributed by atoms with van der Waals surface area (Å²) in [6.45, 7) is 3.41. The maximum Gasteiger partial charge on any atom is 0.265 e. The molecule has 37 heavy (non-hydrogen) atoms. The van der Waals surface area contributed by atoms with Crippen LogP contribution in [0.3, 0.4) is 0 Å². The molecule has 1 N–H and O–H groups in total. The number of fused-ring (bicyclic) bond motifs is 1. The molecule has 0 radical (unpaired) electrons. The van der Waals surface area contributed by atoms with E-state index in [1.54, 1.807) is 55.0 Å². The number of carbonyl (C=O) groups is 1. The molecule has 8 heteroatoms. The van der Waals surface area contributed by atoms with Gasteiger partial charge in [-0.1, -0.05) is 48.5 Å². The van der Waals surface area contributed by atoms with Gasteiger partial charge in [-0.25, -0.2) is 13.4 Å². The minimum atomic E-state index is -4.08. The number of nitrogens with zero attached hydrogens (tertiary/aromatic N) is 3. The van der Waals surface area contributed by atoms with Crippen LogP contribution in [0.15, 0.2) is 109 Å². The molecule has 1 amide bonds. The molecule has 0 aliphatic rings. The second-order valence-electron chi connectivity index (χ2n) is 8.77. The Balaban J connectivity index is 1.49. The second kappa shape index (κ2) is 9.91. The SMILES string of the molecule is Cc1cccc(N(CC(=O)Nc2ccc(-n3ccnc3)cc2)S(=O)(=O)c2cccc3ccccc23)c1C. The second-order valence-corrected chi connectivity index (χ2v) is 10.6. The van der Waals surface area contributed by atoms with Gasteiger partial charge in [0.05, 0.1) is 16.9 Å². The van der Waals surface area contributed by atoms with E-state index in [0.29, 0.717) is 16.8 Å². The van der Waals surface area contributed by atoms with E-state index in [-0.39, 0.29) is 11.4 Å². The highest BCUT2D eigenvalue weighted by atomic mass is 32.2. The fraction of sp³-hybridized carbons (Fsp3) is 0.103. The van der Waals surface area contributed by atoms with Crippen molar-refractivity contribution in [2.24, 2.45) is 0 Å². The van der Waals surface area contributed by atoms with Crippen molar-refractivity contribution in [3.63, 3.8) is 0 Å². The maximum atomic E-state index is 14.1. The van der Waals surface area contributed by atoms with Crippen molar-refractivity contribution in [1.82, 2.24) is 9.55 Å². The Morgan fingerprint density at radius 1 is 0.919 bits per heavy atom. The number of hydrogen-bond donors (Lipinski definition) is 1. The summed E-state index contributed by atoms with van der Waals surface area (Å²) in [5.41, 5.74) is 3.66. The molecule has 0 saturated heterocycles. The molecule has 0 fully saturated rings. The number of imidazole rings is 1. The van der Waals surface area contributed by atoms with Crippen molar-refractivity contribution >= 4 is 38.1 Å². The molecular formula is C29H26N4O3S. The predicted molar refractivity (Wildman–Crippen MR) is 147 cm³/mol. The van der Waals surface area contributed by atoms with Gasteiger partial charge in [-0.15, -0.1) is 0 Å². The van der Waals surface area contributed by atoms with Gasteiger partial charge in [-0.05, 0) is 66.8 Å². The van der Waals surface area contributed by atoms with Crippen molar-refractivity contribution in [3.8, 4) is 5.69 Å². The van der Waals surface area contributed by atoms with Crippen molar-refractivity contribution in [2.75, 3.05) is 16.2 Å². The number of aromatic nitrogens is 2. The number of carbonyl (C=O) groups excluding carboxylic acids is 1. The van der Waals surface area contributed by atoms with Crippen LogP contribution >= 0.6 is 0 Å². The third-order valence-electron chi connectivity index (χ3n) is 6.40. The van der Waals surface area contributed by atoms with Crippen LogP contribution in [0.25, 0.3) is 16.5 Å². The largest absolute Gasteiger partial charge is 0.325 e. The van der Waals surface area contributed by atoms with Crippen LogP contribution in [0, 0.1) is 13.8 Å². The highest BCUT2D eigenvalue weighted by Crippen LogP contribution is 2.32. The Morgan fingerprint density at radius 3 is 2.41 bits per heavy atom. The quantitative estimate of drug-likeness (QED) is 0.314. The zero-order chi connectivity index (χ0) is 26.0. The molecule has 0 aliphatic carbocycles. The monoisotopic (exact) mass is 510 g/mol.